The van der Waals surface area contributed by atoms with Crippen LogP contribution < -0.4 is 11.3 Å². The van der Waals surface area contributed by atoms with Gasteiger partial charge in [-0.25, -0.2) is 8.78 Å². The van der Waals surface area contributed by atoms with Crippen molar-refractivity contribution in [1.82, 2.24) is 5.43 Å². The van der Waals surface area contributed by atoms with Crippen molar-refractivity contribution in [3.63, 3.8) is 0 Å². The van der Waals surface area contributed by atoms with Gasteiger partial charge in [-0.1, -0.05) is 27.7 Å². The monoisotopic (exact) mass is 270 g/mol. The van der Waals surface area contributed by atoms with E-state index in [1.165, 1.54) is 6.07 Å². The van der Waals surface area contributed by atoms with Gasteiger partial charge < -0.3 is 0 Å². The second-order valence-electron chi connectivity index (χ2n) is 6.31. The summed E-state index contributed by atoms with van der Waals surface area (Å²) in [5.41, 5.74) is 3.24. The molecule has 0 radical (unpaired) electrons. The Balaban J connectivity index is 2.74. The van der Waals surface area contributed by atoms with E-state index in [1.807, 2.05) is 0 Å². The minimum absolute atomic E-state index is 0.0643. The zero-order chi connectivity index (χ0) is 14.6. The molecule has 1 aromatic carbocycles. The van der Waals surface area contributed by atoms with Gasteiger partial charge in [-0.15, -0.1) is 0 Å². The molecule has 4 heteroatoms. The van der Waals surface area contributed by atoms with Gasteiger partial charge in [0.1, 0.15) is 11.6 Å². The fraction of sp³-hybridized carbons (Fsp3) is 0.600. The molecule has 2 nitrogen and oxygen atoms in total. The number of hydrogen-bond donors (Lipinski definition) is 2. The Morgan fingerprint density at radius 3 is 2.42 bits per heavy atom. The lowest BCUT2D eigenvalue weighted by atomic mass is 9.78. The van der Waals surface area contributed by atoms with Crippen LogP contribution in [0.3, 0.4) is 0 Å². The first-order valence-corrected chi connectivity index (χ1v) is 6.64. The van der Waals surface area contributed by atoms with E-state index in [0.717, 1.165) is 18.6 Å². The summed E-state index contributed by atoms with van der Waals surface area (Å²) in [4.78, 5) is 0. The van der Waals surface area contributed by atoms with Crippen LogP contribution >= 0.6 is 0 Å². The van der Waals surface area contributed by atoms with Crippen molar-refractivity contribution in [3.05, 3.63) is 35.4 Å². The Morgan fingerprint density at radius 1 is 1.26 bits per heavy atom. The highest BCUT2D eigenvalue weighted by Gasteiger charge is 2.23. The molecule has 0 aliphatic rings. The van der Waals surface area contributed by atoms with Crippen molar-refractivity contribution in [2.75, 3.05) is 0 Å². The standard InChI is InChI=1S/C15H24F2N2/c1-10(15(2,3)4)7-13(19-18)9-11-8-12(16)5-6-14(11)17/h5-6,8,10,13,19H,7,9,18H2,1-4H3. The summed E-state index contributed by atoms with van der Waals surface area (Å²) in [6, 6.07) is 3.46. The Morgan fingerprint density at radius 2 is 1.89 bits per heavy atom. The molecule has 0 aromatic heterocycles. The van der Waals surface area contributed by atoms with Crippen LogP contribution in [0.25, 0.3) is 0 Å². The molecule has 0 saturated heterocycles. The summed E-state index contributed by atoms with van der Waals surface area (Å²) in [5.74, 6) is 5.15. The van der Waals surface area contributed by atoms with E-state index in [0.29, 0.717) is 17.9 Å². The van der Waals surface area contributed by atoms with E-state index in [2.05, 4.69) is 33.1 Å². The number of rotatable bonds is 5. The van der Waals surface area contributed by atoms with Crippen LogP contribution in [0, 0.1) is 23.0 Å². The Bertz CT molecular complexity index is 413. The van der Waals surface area contributed by atoms with E-state index in [9.17, 15) is 8.78 Å². The fourth-order valence-electron chi connectivity index (χ4n) is 1.96. The molecule has 1 aromatic rings. The maximum atomic E-state index is 13.6. The van der Waals surface area contributed by atoms with Gasteiger partial charge in [0, 0.05) is 6.04 Å². The van der Waals surface area contributed by atoms with Crippen molar-refractivity contribution in [3.8, 4) is 0 Å². The van der Waals surface area contributed by atoms with E-state index < -0.39 is 5.82 Å². The zero-order valence-electron chi connectivity index (χ0n) is 12.1. The van der Waals surface area contributed by atoms with Crippen LogP contribution in [0.1, 0.15) is 39.7 Å². The molecule has 19 heavy (non-hydrogen) atoms. The van der Waals surface area contributed by atoms with Gasteiger partial charge in [0.15, 0.2) is 0 Å². The third kappa shape index (κ3) is 4.88. The molecular weight excluding hydrogens is 246 g/mol. The molecule has 3 N–H and O–H groups in total. The SMILES string of the molecule is CC(CC(Cc1cc(F)ccc1F)NN)C(C)(C)C. The lowest BCUT2D eigenvalue weighted by Crippen LogP contribution is -2.39. The summed E-state index contributed by atoms with van der Waals surface area (Å²) in [7, 11) is 0. The molecule has 0 aliphatic carbocycles. The minimum Gasteiger partial charge on any atom is -0.271 e. The summed E-state index contributed by atoms with van der Waals surface area (Å²) >= 11 is 0. The van der Waals surface area contributed by atoms with Gasteiger partial charge in [0.2, 0.25) is 0 Å². The van der Waals surface area contributed by atoms with Gasteiger partial charge in [-0.05, 0) is 47.9 Å². The van der Waals surface area contributed by atoms with Crippen molar-refractivity contribution >= 4 is 0 Å². The molecule has 0 bridgehead atoms. The van der Waals surface area contributed by atoms with E-state index in [1.54, 1.807) is 0 Å². The maximum absolute atomic E-state index is 13.6. The van der Waals surface area contributed by atoms with E-state index in [4.69, 9.17) is 5.84 Å². The van der Waals surface area contributed by atoms with Crippen LogP contribution in [0.15, 0.2) is 18.2 Å². The van der Waals surface area contributed by atoms with Crippen molar-refractivity contribution in [1.29, 1.82) is 0 Å². The summed E-state index contributed by atoms with van der Waals surface area (Å²) in [6.07, 6.45) is 1.20. The molecule has 0 heterocycles. The lowest BCUT2D eigenvalue weighted by molar-refractivity contribution is 0.222. The average Bonchev–Trinajstić information content (AvgIpc) is 2.31. The molecule has 108 valence electrons. The van der Waals surface area contributed by atoms with E-state index in [-0.39, 0.29) is 17.3 Å². The molecule has 0 fully saturated rings. The molecule has 2 atom stereocenters. The smallest absolute Gasteiger partial charge is 0.126 e. The maximum Gasteiger partial charge on any atom is 0.126 e. The minimum atomic E-state index is -0.420. The highest BCUT2D eigenvalue weighted by molar-refractivity contribution is 5.19. The highest BCUT2D eigenvalue weighted by atomic mass is 19.1. The van der Waals surface area contributed by atoms with Gasteiger partial charge in [-0.3, -0.25) is 11.3 Å². The first-order chi connectivity index (χ1) is 8.74. The van der Waals surface area contributed by atoms with Crippen LogP contribution in [0.2, 0.25) is 0 Å². The van der Waals surface area contributed by atoms with Crippen molar-refractivity contribution < 1.29 is 8.78 Å². The third-order valence-electron chi connectivity index (χ3n) is 3.83. The van der Waals surface area contributed by atoms with Crippen LogP contribution in [-0.2, 0) is 6.42 Å². The number of nitrogens with one attached hydrogen (secondary N) is 1. The summed E-state index contributed by atoms with van der Waals surface area (Å²) in [6.45, 7) is 8.63. The molecule has 2 unspecified atom stereocenters. The lowest BCUT2D eigenvalue weighted by Gasteiger charge is -2.30. The van der Waals surface area contributed by atoms with E-state index >= 15 is 0 Å². The quantitative estimate of drug-likeness (QED) is 0.635. The van der Waals surface area contributed by atoms with Crippen molar-refractivity contribution in [2.24, 2.45) is 17.2 Å². The normalized spacial score (nSPS) is 15.3. The predicted molar refractivity (Wildman–Crippen MR) is 74.4 cm³/mol. The molecule has 0 spiro atoms. The average molecular weight is 270 g/mol. The van der Waals surface area contributed by atoms with Gasteiger partial charge >= 0.3 is 0 Å². The first-order valence-electron chi connectivity index (χ1n) is 6.64. The van der Waals surface area contributed by atoms with Crippen LogP contribution in [-0.4, -0.2) is 6.04 Å². The van der Waals surface area contributed by atoms with Crippen molar-refractivity contribution in [2.45, 2.75) is 46.6 Å². The number of benzene rings is 1. The molecular formula is C15H24F2N2. The molecule has 0 saturated carbocycles. The van der Waals surface area contributed by atoms with Gasteiger partial charge in [0.05, 0.1) is 0 Å². The Kier molecular flexibility index (Phi) is 5.44. The topological polar surface area (TPSA) is 38.0 Å². The van der Waals surface area contributed by atoms with Crippen LogP contribution in [0.5, 0.6) is 0 Å². The molecule has 0 aliphatic heterocycles. The number of hydrogen-bond acceptors (Lipinski definition) is 2. The second kappa shape index (κ2) is 6.44. The molecule has 0 amide bonds. The van der Waals surface area contributed by atoms with Crippen LogP contribution in [0.4, 0.5) is 8.78 Å². The number of nitrogens with two attached hydrogens (primary N) is 1. The largest absolute Gasteiger partial charge is 0.271 e. The Labute approximate surface area is 114 Å². The first kappa shape index (κ1) is 16.1. The number of halogens is 2. The molecule has 1 rings (SSSR count). The summed E-state index contributed by atoms with van der Waals surface area (Å²) < 4.78 is 26.7. The van der Waals surface area contributed by atoms with Gasteiger partial charge in [0.25, 0.3) is 0 Å². The predicted octanol–water partition coefficient (Wildman–Crippen LogP) is 3.41. The zero-order valence-corrected chi connectivity index (χ0v) is 12.1. The summed E-state index contributed by atoms with van der Waals surface area (Å²) in [5, 5.41) is 0. The second-order valence-corrected chi connectivity index (χ2v) is 6.31. The third-order valence-corrected chi connectivity index (χ3v) is 3.83. The number of hydrazine groups is 1. The fourth-order valence-corrected chi connectivity index (χ4v) is 1.96. The Hall–Kier alpha value is -1.00. The highest BCUT2D eigenvalue weighted by Crippen LogP contribution is 2.29. The van der Waals surface area contributed by atoms with Gasteiger partial charge in [-0.2, -0.15) is 0 Å².